The second kappa shape index (κ2) is 10.9. The lowest BCUT2D eigenvalue weighted by atomic mass is 9.91. The summed E-state index contributed by atoms with van der Waals surface area (Å²) in [6.07, 6.45) is 4.05. The molecule has 0 aliphatic carbocycles. The Hall–Kier alpha value is -3.20. The van der Waals surface area contributed by atoms with Gasteiger partial charge in [0.2, 0.25) is 11.9 Å². The molecule has 0 spiro atoms. The summed E-state index contributed by atoms with van der Waals surface area (Å²) >= 11 is 0. The summed E-state index contributed by atoms with van der Waals surface area (Å²) in [4.78, 5) is 30.2. The van der Waals surface area contributed by atoms with Crippen LogP contribution in [0.4, 0.5) is 11.6 Å². The van der Waals surface area contributed by atoms with Crippen molar-refractivity contribution in [1.29, 1.82) is 0 Å². The number of para-hydroxylation sites is 1. The van der Waals surface area contributed by atoms with Crippen molar-refractivity contribution in [3.63, 3.8) is 0 Å². The monoisotopic (exact) mass is 436 g/mol. The molecule has 0 saturated carbocycles. The van der Waals surface area contributed by atoms with Crippen LogP contribution in [-0.4, -0.2) is 79.1 Å². The number of carbonyl (C=O) groups is 1. The molecule has 9 nitrogen and oxygen atoms in total. The minimum Gasteiger partial charge on any atom is -0.357 e. The number of fused-ring (bicyclic) bond motifs is 1. The highest BCUT2D eigenvalue weighted by Crippen LogP contribution is 2.31. The predicted octanol–water partition coefficient (Wildman–Crippen LogP) is 1.28. The van der Waals surface area contributed by atoms with Crippen molar-refractivity contribution >= 4 is 23.5 Å². The molecular weight excluding hydrogens is 404 g/mol. The number of guanidine groups is 1. The molecule has 1 amide bonds. The summed E-state index contributed by atoms with van der Waals surface area (Å²) in [6, 6.07) is 9.84. The van der Waals surface area contributed by atoms with Crippen molar-refractivity contribution in [3.05, 3.63) is 48.3 Å². The number of aliphatic imine (C=N–C) groups is 1. The van der Waals surface area contributed by atoms with Gasteiger partial charge in [0, 0.05) is 76.2 Å². The standard InChI is InChI=1S/C23H32N8O/c1-2-24-22(28-17-18-16-21(32)29-20-7-4-3-6-19(18)20)25-10-11-30-12-14-31(15-13-30)23-26-8-5-9-27-23/h3-9,18H,2,10-17H2,1H3,(H,29,32)(H2,24,25,28). The second-order valence-electron chi connectivity index (χ2n) is 8.06. The summed E-state index contributed by atoms with van der Waals surface area (Å²) in [6.45, 7) is 9.04. The smallest absolute Gasteiger partial charge is 0.225 e. The number of carbonyl (C=O) groups excluding carboxylic acids is 1. The highest BCUT2D eigenvalue weighted by atomic mass is 16.1. The number of benzene rings is 1. The number of hydrogen-bond acceptors (Lipinski definition) is 6. The number of anilines is 2. The van der Waals surface area contributed by atoms with Crippen LogP contribution in [0.15, 0.2) is 47.7 Å². The number of piperazine rings is 1. The van der Waals surface area contributed by atoms with Crippen LogP contribution in [0, 0.1) is 0 Å². The van der Waals surface area contributed by atoms with E-state index in [9.17, 15) is 4.79 Å². The molecule has 1 atom stereocenters. The van der Waals surface area contributed by atoms with Crippen LogP contribution in [-0.2, 0) is 4.79 Å². The van der Waals surface area contributed by atoms with Crippen molar-refractivity contribution in [2.75, 3.05) is 62.6 Å². The van der Waals surface area contributed by atoms with Gasteiger partial charge in [-0.1, -0.05) is 18.2 Å². The van der Waals surface area contributed by atoms with Crippen LogP contribution in [0.2, 0.25) is 0 Å². The Bertz CT molecular complexity index is 911. The Morgan fingerprint density at radius 1 is 1.12 bits per heavy atom. The lowest BCUT2D eigenvalue weighted by molar-refractivity contribution is -0.116. The summed E-state index contributed by atoms with van der Waals surface area (Å²) < 4.78 is 0. The van der Waals surface area contributed by atoms with E-state index >= 15 is 0 Å². The van der Waals surface area contributed by atoms with Crippen molar-refractivity contribution in [3.8, 4) is 0 Å². The van der Waals surface area contributed by atoms with E-state index in [1.807, 2.05) is 24.3 Å². The van der Waals surface area contributed by atoms with E-state index in [0.29, 0.717) is 13.0 Å². The third-order valence-corrected chi connectivity index (χ3v) is 5.85. The highest BCUT2D eigenvalue weighted by molar-refractivity contribution is 5.94. The fraction of sp³-hybridized carbons (Fsp3) is 0.478. The molecule has 3 N–H and O–H groups in total. The van der Waals surface area contributed by atoms with Gasteiger partial charge in [0.05, 0.1) is 6.54 Å². The van der Waals surface area contributed by atoms with Gasteiger partial charge in [-0.3, -0.25) is 14.7 Å². The average Bonchev–Trinajstić information content (AvgIpc) is 2.83. The molecule has 1 aromatic carbocycles. The number of aromatic nitrogens is 2. The average molecular weight is 437 g/mol. The zero-order valence-electron chi connectivity index (χ0n) is 18.6. The Balaban J connectivity index is 1.25. The maximum Gasteiger partial charge on any atom is 0.225 e. The minimum atomic E-state index is 0.0573. The van der Waals surface area contributed by atoms with Gasteiger partial charge >= 0.3 is 0 Å². The van der Waals surface area contributed by atoms with Gasteiger partial charge in [0.1, 0.15) is 0 Å². The Kier molecular flexibility index (Phi) is 7.50. The number of nitrogens with zero attached hydrogens (tertiary/aromatic N) is 5. The molecule has 2 aliphatic heterocycles. The van der Waals surface area contributed by atoms with Crippen LogP contribution >= 0.6 is 0 Å². The first-order chi connectivity index (χ1) is 15.7. The van der Waals surface area contributed by atoms with E-state index in [1.54, 1.807) is 12.4 Å². The van der Waals surface area contributed by atoms with Gasteiger partial charge in [-0.25, -0.2) is 9.97 Å². The van der Waals surface area contributed by atoms with E-state index in [0.717, 1.165) is 69.0 Å². The molecular formula is C23H32N8O. The first-order valence-corrected chi connectivity index (χ1v) is 11.4. The normalized spacial score (nSPS) is 19.3. The highest BCUT2D eigenvalue weighted by Gasteiger charge is 2.24. The molecule has 1 saturated heterocycles. The maximum absolute atomic E-state index is 12.1. The van der Waals surface area contributed by atoms with Crippen LogP contribution in [0.25, 0.3) is 0 Å². The number of hydrogen-bond donors (Lipinski definition) is 3. The summed E-state index contributed by atoms with van der Waals surface area (Å²) in [5, 5.41) is 9.71. The summed E-state index contributed by atoms with van der Waals surface area (Å²) in [5.41, 5.74) is 2.06. The van der Waals surface area contributed by atoms with E-state index in [-0.39, 0.29) is 11.8 Å². The molecule has 1 aromatic heterocycles. The van der Waals surface area contributed by atoms with Crippen molar-refractivity contribution in [2.45, 2.75) is 19.3 Å². The molecule has 2 aromatic rings. The van der Waals surface area contributed by atoms with Crippen molar-refractivity contribution in [1.82, 2.24) is 25.5 Å². The molecule has 2 aliphatic rings. The Labute approximate surface area is 189 Å². The van der Waals surface area contributed by atoms with Gasteiger partial charge in [-0.2, -0.15) is 0 Å². The van der Waals surface area contributed by atoms with Crippen LogP contribution < -0.4 is 20.9 Å². The van der Waals surface area contributed by atoms with Gasteiger partial charge in [-0.15, -0.1) is 0 Å². The number of amides is 1. The number of rotatable bonds is 7. The van der Waals surface area contributed by atoms with Gasteiger partial charge in [0.25, 0.3) is 0 Å². The Morgan fingerprint density at radius 3 is 2.69 bits per heavy atom. The van der Waals surface area contributed by atoms with E-state index in [2.05, 4.69) is 48.7 Å². The molecule has 32 heavy (non-hydrogen) atoms. The van der Waals surface area contributed by atoms with Gasteiger partial charge in [0.15, 0.2) is 5.96 Å². The van der Waals surface area contributed by atoms with E-state index < -0.39 is 0 Å². The molecule has 4 rings (SSSR count). The lowest BCUT2D eigenvalue weighted by Gasteiger charge is -2.34. The fourth-order valence-electron chi connectivity index (χ4n) is 4.17. The summed E-state index contributed by atoms with van der Waals surface area (Å²) in [7, 11) is 0. The Morgan fingerprint density at radius 2 is 1.91 bits per heavy atom. The second-order valence-corrected chi connectivity index (χ2v) is 8.06. The van der Waals surface area contributed by atoms with Crippen LogP contribution in [0.3, 0.4) is 0 Å². The third kappa shape index (κ3) is 5.73. The van der Waals surface area contributed by atoms with Crippen molar-refractivity contribution < 1.29 is 4.79 Å². The zero-order valence-corrected chi connectivity index (χ0v) is 18.6. The fourth-order valence-corrected chi connectivity index (χ4v) is 4.17. The summed E-state index contributed by atoms with van der Waals surface area (Å²) in [5.74, 6) is 1.77. The molecule has 0 radical (unpaired) electrons. The van der Waals surface area contributed by atoms with Crippen molar-refractivity contribution in [2.24, 2.45) is 4.99 Å². The van der Waals surface area contributed by atoms with Gasteiger partial charge < -0.3 is 20.9 Å². The molecule has 0 bridgehead atoms. The van der Waals surface area contributed by atoms with Crippen LogP contribution in [0.5, 0.6) is 0 Å². The molecule has 1 fully saturated rings. The zero-order chi connectivity index (χ0) is 22.2. The molecule has 3 heterocycles. The van der Waals surface area contributed by atoms with E-state index in [4.69, 9.17) is 4.99 Å². The first-order valence-electron chi connectivity index (χ1n) is 11.4. The van der Waals surface area contributed by atoms with E-state index in [1.165, 1.54) is 0 Å². The molecule has 9 heteroatoms. The van der Waals surface area contributed by atoms with Crippen LogP contribution in [0.1, 0.15) is 24.8 Å². The molecule has 1 unspecified atom stereocenters. The first kappa shape index (κ1) is 22.0. The largest absolute Gasteiger partial charge is 0.357 e. The quantitative estimate of drug-likeness (QED) is 0.444. The minimum absolute atomic E-state index is 0.0573. The lowest BCUT2D eigenvalue weighted by Crippen LogP contribution is -2.49. The predicted molar refractivity (Wildman–Crippen MR) is 127 cm³/mol. The SMILES string of the molecule is CCNC(=NCC1CC(=O)Nc2ccccc21)NCCN1CCN(c2ncccn2)CC1. The number of nitrogens with one attached hydrogen (secondary N) is 3. The topological polar surface area (TPSA) is 97.8 Å². The maximum atomic E-state index is 12.1. The third-order valence-electron chi connectivity index (χ3n) is 5.85. The van der Waals surface area contributed by atoms with Gasteiger partial charge in [-0.05, 0) is 24.6 Å². The molecule has 170 valence electrons.